The lowest BCUT2D eigenvalue weighted by Gasteiger charge is -2.03. The molecule has 82 valence electrons. The third kappa shape index (κ3) is 1.95. The highest BCUT2D eigenvalue weighted by molar-refractivity contribution is 5.47. The molecule has 0 saturated carbocycles. The van der Waals surface area contributed by atoms with Crippen molar-refractivity contribution >= 4 is 12.0 Å². The molecule has 0 N–H and O–H groups in total. The lowest BCUT2D eigenvalue weighted by Crippen LogP contribution is -2.18. The molecule has 0 spiro atoms. The number of pyridine rings is 2. The van der Waals surface area contributed by atoms with E-state index >= 15 is 0 Å². The summed E-state index contributed by atoms with van der Waals surface area (Å²) in [5, 5.41) is 0. The number of rotatable bonds is 4. The summed E-state index contributed by atoms with van der Waals surface area (Å²) in [5.74, 6) is 0. The van der Waals surface area contributed by atoms with Crippen LogP contribution in [0, 0.1) is 0 Å². The van der Waals surface area contributed by atoms with Gasteiger partial charge in [0.1, 0.15) is 0 Å². The van der Waals surface area contributed by atoms with Gasteiger partial charge in [-0.15, -0.1) is 0 Å². The maximum Gasteiger partial charge on any atom is 0.293 e. The van der Waals surface area contributed by atoms with Gasteiger partial charge in [0, 0.05) is 23.7 Å². The second-order valence-corrected chi connectivity index (χ2v) is 3.38. The minimum absolute atomic E-state index is 0.0624. The van der Waals surface area contributed by atoms with E-state index in [-0.39, 0.29) is 12.2 Å². The molecule has 0 unspecified atom stereocenters. The van der Waals surface area contributed by atoms with Crippen molar-refractivity contribution < 1.29 is 9.53 Å². The molecule has 16 heavy (non-hydrogen) atoms. The van der Waals surface area contributed by atoms with Crippen LogP contribution in [0.2, 0.25) is 0 Å². The Morgan fingerprint density at radius 2 is 2.12 bits per heavy atom. The fourth-order valence-electron chi connectivity index (χ4n) is 1.60. The largest absolute Gasteiger partial charge is 0.468 e. The highest BCUT2D eigenvalue weighted by Gasteiger charge is 2.02. The smallest absolute Gasteiger partial charge is 0.293 e. The summed E-state index contributed by atoms with van der Waals surface area (Å²) in [7, 11) is 0. The SMILES string of the molecule is O=COCCc1ccc2ccccn2c1=O. The molecule has 0 aliphatic heterocycles. The van der Waals surface area contributed by atoms with Crippen LogP contribution >= 0.6 is 0 Å². The molecule has 0 radical (unpaired) electrons. The predicted molar refractivity (Wildman–Crippen MR) is 59.4 cm³/mol. The first-order chi connectivity index (χ1) is 7.83. The molecule has 2 aromatic heterocycles. The Kier molecular flexibility index (Phi) is 3.00. The summed E-state index contributed by atoms with van der Waals surface area (Å²) in [4.78, 5) is 21.9. The van der Waals surface area contributed by atoms with Gasteiger partial charge in [-0.2, -0.15) is 0 Å². The van der Waals surface area contributed by atoms with E-state index in [1.54, 1.807) is 22.7 Å². The monoisotopic (exact) mass is 217 g/mol. The summed E-state index contributed by atoms with van der Waals surface area (Å²) < 4.78 is 6.16. The molecule has 4 nitrogen and oxygen atoms in total. The van der Waals surface area contributed by atoms with Crippen LogP contribution in [0.4, 0.5) is 0 Å². The van der Waals surface area contributed by atoms with Gasteiger partial charge in [0.2, 0.25) is 0 Å². The molecule has 0 bridgehead atoms. The highest BCUT2D eigenvalue weighted by atomic mass is 16.5. The average Bonchev–Trinajstić information content (AvgIpc) is 2.33. The summed E-state index contributed by atoms with van der Waals surface area (Å²) in [6.45, 7) is 0.621. The summed E-state index contributed by atoms with van der Waals surface area (Å²) in [6, 6.07) is 9.20. The van der Waals surface area contributed by atoms with E-state index in [1.165, 1.54) is 0 Å². The van der Waals surface area contributed by atoms with Gasteiger partial charge in [-0.25, -0.2) is 0 Å². The molecule has 0 aromatic carbocycles. The topological polar surface area (TPSA) is 47.8 Å². The summed E-state index contributed by atoms with van der Waals surface area (Å²) in [6.07, 6.45) is 2.16. The zero-order chi connectivity index (χ0) is 11.4. The van der Waals surface area contributed by atoms with Crippen LogP contribution in [-0.2, 0) is 16.0 Å². The number of carbonyl (C=O) groups excluding carboxylic acids is 1. The number of fused-ring (bicyclic) bond motifs is 1. The Labute approximate surface area is 92.1 Å². The molecule has 0 fully saturated rings. The molecule has 2 rings (SSSR count). The normalized spacial score (nSPS) is 10.2. The van der Waals surface area contributed by atoms with Crippen LogP contribution in [0.25, 0.3) is 5.52 Å². The Morgan fingerprint density at radius 1 is 1.25 bits per heavy atom. The Morgan fingerprint density at radius 3 is 2.94 bits per heavy atom. The second kappa shape index (κ2) is 4.61. The van der Waals surface area contributed by atoms with Gasteiger partial charge >= 0.3 is 0 Å². The number of ether oxygens (including phenoxy) is 1. The summed E-state index contributed by atoms with van der Waals surface area (Å²) >= 11 is 0. The molecular weight excluding hydrogens is 206 g/mol. The van der Waals surface area contributed by atoms with Crippen LogP contribution in [0.5, 0.6) is 0 Å². The minimum atomic E-state index is -0.0624. The van der Waals surface area contributed by atoms with Gasteiger partial charge in [-0.3, -0.25) is 14.0 Å². The molecule has 0 aliphatic carbocycles. The zero-order valence-electron chi connectivity index (χ0n) is 8.63. The van der Waals surface area contributed by atoms with Crippen molar-refractivity contribution in [2.75, 3.05) is 6.61 Å². The maximum atomic E-state index is 11.9. The van der Waals surface area contributed by atoms with Gasteiger partial charge in [0.25, 0.3) is 12.0 Å². The molecule has 2 heterocycles. The quantitative estimate of drug-likeness (QED) is 0.567. The van der Waals surface area contributed by atoms with E-state index in [1.807, 2.05) is 18.2 Å². The molecule has 0 aliphatic rings. The van der Waals surface area contributed by atoms with Crippen LogP contribution in [0.1, 0.15) is 5.56 Å². The van der Waals surface area contributed by atoms with Crippen molar-refractivity contribution in [3.05, 3.63) is 52.4 Å². The Bertz CT molecular complexity index is 559. The number of hydrogen-bond acceptors (Lipinski definition) is 3. The van der Waals surface area contributed by atoms with Gasteiger partial charge in [0.15, 0.2) is 0 Å². The van der Waals surface area contributed by atoms with Crippen LogP contribution in [-0.4, -0.2) is 17.5 Å². The number of carbonyl (C=O) groups is 1. The average molecular weight is 217 g/mol. The molecule has 4 heteroatoms. The van der Waals surface area contributed by atoms with E-state index in [0.717, 1.165) is 5.52 Å². The molecular formula is C12H11NO3. The third-order valence-corrected chi connectivity index (χ3v) is 2.40. The fraction of sp³-hybridized carbons (Fsp3) is 0.167. The van der Waals surface area contributed by atoms with Crippen molar-refractivity contribution in [1.82, 2.24) is 4.40 Å². The standard InChI is InChI=1S/C12H11NO3/c14-9-16-8-6-10-4-5-11-3-1-2-7-13(11)12(10)15/h1-5,7,9H,6,8H2. The molecule has 2 aromatic rings. The summed E-state index contributed by atoms with van der Waals surface area (Å²) in [5.41, 5.74) is 1.44. The predicted octanol–water partition coefficient (Wildman–Crippen LogP) is 1.02. The number of hydrogen-bond donors (Lipinski definition) is 0. The van der Waals surface area contributed by atoms with Crippen LogP contribution < -0.4 is 5.56 Å². The van der Waals surface area contributed by atoms with Gasteiger partial charge in [0.05, 0.1) is 6.61 Å². The van der Waals surface area contributed by atoms with E-state index in [2.05, 4.69) is 4.74 Å². The van der Waals surface area contributed by atoms with Crippen molar-refractivity contribution in [1.29, 1.82) is 0 Å². The van der Waals surface area contributed by atoms with E-state index in [4.69, 9.17) is 0 Å². The van der Waals surface area contributed by atoms with Crippen LogP contribution in [0.3, 0.4) is 0 Å². The first-order valence-electron chi connectivity index (χ1n) is 4.97. The van der Waals surface area contributed by atoms with E-state index < -0.39 is 0 Å². The molecule has 0 atom stereocenters. The minimum Gasteiger partial charge on any atom is -0.468 e. The first kappa shape index (κ1) is 10.4. The lowest BCUT2D eigenvalue weighted by atomic mass is 10.2. The van der Waals surface area contributed by atoms with Gasteiger partial charge in [-0.1, -0.05) is 12.1 Å². The first-order valence-corrected chi connectivity index (χ1v) is 4.97. The number of aromatic nitrogens is 1. The van der Waals surface area contributed by atoms with Crippen molar-refractivity contribution in [3.8, 4) is 0 Å². The van der Waals surface area contributed by atoms with Crippen molar-refractivity contribution in [2.24, 2.45) is 0 Å². The zero-order valence-corrected chi connectivity index (χ0v) is 8.63. The number of nitrogens with zero attached hydrogens (tertiary/aromatic N) is 1. The van der Waals surface area contributed by atoms with Gasteiger partial charge < -0.3 is 4.74 Å². The Hall–Kier alpha value is -2.10. The molecule has 0 amide bonds. The highest BCUT2D eigenvalue weighted by Crippen LogP contribution is 2.02. The maximum absolute atomic E-state index is 11.9. The van der Waals surface area contributed by atoms with Gasteiger partial charge in [-0.05, 0) is 18.2 Å². The van der Waals surface area contributed by atoms with Crippen molar-refractivity contribution in [3.63, 3.8) is 0 Å². The second-order valence-electron chi connectivity index (χ2n) is 3.38. The van der Waals surface area contributed by atoms with E-state index in [9.17, 15) is 9.59 Å². The molecule has 0 saturated heterocycles. The van der Waals surface area contributed by atoms with E-state index in [0.29, 0.717) is 18.5 Å². The fourth-order valence-corrected chi connectivity index (χ4v) is 1.60. The Balaban J connectivity index is 2.37. The van der Waals surface area contributed by atoms with Crippen molar-refractivity contribution in [2.45, 2.75) is 6.42 Å². The third-order valence-electron chi connectivity index (χ3n) is 2.40. The lowest BCUT2D eigenvalue weighted by molar-refractivity contribution is -0.128. The van der Waals surface area contributed by atoms with Crippen LogP contribution in [0.15, 0.2) is 41.3 Å².